The first-order valence-electron chi connectivity index (χ1n) is 42.1. The van der Waals surface area contributed by atoms with E-state index in [2.05, 4.69) is 102 Å². The lowest BCUT2D eigenvalue weighted by atomic mass is 9.63. The van der Waals surface area contributed by atoms with Crippen molar-refractivity contribution in [3.05, 3.63) is 172 Å². The van der Waals surface area contributed by atoms with E-state index in [1.807, 2.05) is 69.2 Å². The van der Waals surface area contributed by atoms with Crippen molar-refractivity contribution in [3.8, 4) is 11.8 Å². The van der Waals surface area contributed by atoms with Crippen molar-refractivity contribution in [1.82, 2.24) is 47.8 Å². The zero-order valence-corrected chi connectivity index (χ0v) is 70.3. The summed E-state index contributed by atoms with van der Waals surface area (Å²) in [7, 11) is 0. The Kier molecular flexibility index (Phi) is 24.4. The SMILES string of the molecule is CC(O)(CC(=O)Nc1nc2ccc(C#N)cc2n1C1CCC1)C1CC1.[C-]#[N+]c1ccc2nc(NC(=O)C3CC3(C)C)n(-c3ccc(F)cc3)c2c1.[C-]#[N+]c1ccc2nc(NC(=O)CC(C)(C)O)n(C3CCC3)c2c1.[C-]#[N+]c1ccc2nc(NC(=O)CC(C)(C)O)n(C3CCC3)c2c1.[C-]#[N+]c1ccc2nc(NC(=O)[C@@H](C)C3(C)CCC3)n(C3CCC3)c2c1. The molecule has 0 radical (unpaired) electrons. The largest absolute Gasteiger partial charge is 0.390 e. The van der Waals surface area contributed by atoms with E-state index in [-0.39, 0.29) is 83.2 Å². The van der Waals surface area contributed by atoms with Gasteiger partial charge in [-0.25, -0.2) is 48.7 Å². The second-order valence-corrected chi connectivity index (χ2v) is 36.1. The van der Waals surface area contributed by atoms with Gasteiger partial charge in [0.1, 0.15) is 5.82 Å². The van der Waals surface area contributed by atoms with Crippen LogP contribution in [0.2, 0.25) is 0 Å². The van der Waals surface area contributed by atoms with Gasteiger partial charge in [-0.15, -0.1) is 0 Å². The summed E-state index contributed by atoms with van der Waals surface area (Å²) >= 11 is 0. The van der Waals surface area contributed by atoms with Crippen molar-refractivity contribution in [2.75, 3.05) is 26.6 Å². The van der Waals surface area contributed by atoms with Gasteiger partial charge in [-0.1, -0.05) is 58.4 Å². The van der Waals surface area contributed by atoms with Crippen molar-refractivity contribution in [2.24, 2.45) is 28.6 Å². The molecule has 7 fully saturated rings. The summed E-state index contributed by atoms with van der Waals surface area (Å²) < 4.78 is 23.3. The van der Waals surface area contributed by atoms with Crippen LogP contribution in [0.25, 0.3) is 80.2 Å². The van der Waals surface area contributed by atoms with Gasteiger partial charge in [-0.05, 0) is 252 Å². The number of nitriles is 1. The summed E-state index contributed by atoms with van der Waals surface area (Å²) in [5.74, 6) is 1.61. The molecule has 0 saturated heterocycles. The third-order valence-electron chi connectivity index (χ3n) is 25.0. The molecule has 3 atom stereocenters. The highest BCUT2D eigenvalue weighted by molar-refractivity contribution is 5.98. The number of hydrogen-bond acceptors (Lipinski definition) is 14. The molecule has 8 N–H and O–H groups in total. The molecule has 0 bridgehead atoms. The van der Waals surface area contributed by atoms with Crippen LogP contribution in [0.1, 0.15) is 227 Å². The van der Waals surface area contributed by atoms with Gasteiger partial charge in [0.05, 0.1) is 129 Å². The Morgan fingerprint density at radius 2 is 0.828 bits per heavy atom. The Bertz CT molecular complexity index is 5950. The highest BCUT2D eigenvalue weighted by atomic mass is 19.1. The average Bonchev–Trinajstić information content (AvgIpc) is 1.69. The Morgan fingerprint density at radius 3 is 1.16 bits per heavy atom. The van der Waals surface area contributed by atoms with Crippen LogP contribution >= 0.6 is 0 Å². The molecule has 5 amide bonds. The van der Waals surface area contributed by atoms with Gasteiger partial charge in [0.25, 0.3) is 0 Å². The van der Waals surface area contributed by atoms with E-state index < -0.39 is 16.8 Å². The fourth-order valence-corrected chi connectivity index (χ4v) is 16.4. The van der Waals surface area contributed by atoms with E-state index in [0.717, 1.165) is 147 Å². The number of anilines is 5. The molecule has 18 rings (SSSR count). The number of benzene rings is 6. The number of carbonyl (C=O) groups excluding carboxylic acids is 5. The van der Waals surface area contributed by atoms with Gasteiger partial charge < -0.3 is 33.6 Å². The quantitative estimate of drug-likeness (QED) is 0.0329. The summed E-state index contributed by atoms with van der Waals surface area (Å²) in [4.78, 5) is 98.8. The number of fused-ring (bicyclic) bond motifs is 5. The molecule has 29 heteroatoms. The van der Waals surface area contributed by atoms with Crippen LogP contribution in [0.15, 0.2) is 115 Å². The average molecular weight is 1650 g/mol. The Morgan fingerprint density at radius 1 is 0.484 bits per heavy atom. The lowest BCUT2D eigenvalue weighted by molar-refractivity contribution is -0.125. The van der Waals surface area contributed by atoms with E-state index in [1.54, 1.807) is 93.8 Å². The molecule has 0 aliphatic heterocycles. The van der Waals surface area contributed by atoms with E-state index in [0.29, 0.717) is 98.9 Å². The summed E-state index contributed by atoms with van der Waals surface area (Å²) in [5.41, 5.74) is 8.61. The standard InChI is InChI=1S/C20H17FN4O.C20H24N4O.C19H22N4O2.2C17H20N4O2/c1-20(2)11-15(20)18(26)24-19-23-16-9-6-13(22-3)10-17(16)25(19)14-7-4-12(21)5-8-14;1-13(20(2)10-5-11-20)18(25)23-19-22-16-9-8-14(21-3)12-17(16)24(19)15-6-4-7-15;1-19(25,13-6-7-13)10-17(24)22-18-21-15-8-5-12(11-20)9-16(15)23(18)14-3-2-4-14;2*1-17(2,23)10-15(22)20-16-19-13-8-7-11(18-3)9-14(13)21(16)12-5-4-6-12/h4-10,15H,11H2,1-2H3,(H,23,24,26);8-9,12-13,15H,4-7,10-11H2,1-2H3,(H,22,23,25);5,8-9,13-14,25H,2-4,6-7,10H2,1H3,(H,21,22,24);2*7-9,12,23H,4-6,10H2,1-2H3,(H,19,20,22)/t;13-;;;/m.1.../s1. The van der Waals surface area contributed by atoms with Crippen LogP contribution in [-0.2, 0) is 24.0 Å². The van der Waals surface area contributed by atoms with Crippen LogP contribution in [0.3, 0.4) is 0 Å². The number of aromatic nitrogens is 10. The molecule has 7 aliphatic carbocycles. The molecular formula is C93H103FN20O8. The zero-order valence-electron chi connectivity index (χ0n) is 70.3. The van der Waals surface area contributed by atoms with Gasteiger partial charge in [0.2, 0.25) is 59.3 Å². The van der Waals surface area contributed by atoms with Crippen molar-refractivity contribution >= 4 is 137 Å². The van der Waals surface area contributed by atoms with Crippen LogP contribution in [0.4, 0.5) is 56.9 Å². The first-order valence-corrected chi connectivity index (χ1v) is 42.1. The van der Waals surface area contributed by atoms with Crippen molar-refractivity contribution in [3.63, 3.8) is 0 Å². The van der Waals surface area contributed by atoms with Gasteiger partial charge in [-0.3, -0.25) is 55.1 Å². The van der Waals surface area contributed by atoms with Crippen LogP contribution in [0, 0.1) is 72.0 Å². The molecule has 28 nitrogen and oxygen atoms in total. The topological polar surface area (TPSA) is 337 Å². The Hall–Kier alpha value is -12.7. The van der Waals surface area contributed by atoms with Crippen LogP contribution < -0.4 is 26.6 Å². The summed E-state index contributed by atoms with van der Waals surface area (Å²) in [6.45, 7) is 45.3. The third-order valence-corrected chi connectivity index (χ3v) is 25.0. The highest BCUT2D eigenvalue weighted by Crippen LogP contribution is 2.53. The predicted octanol–water partition coefficient (Wildman–Crippen LogP) is 19.7. The van der Waals surface area contributed by atoms with E-state index in [4.69, 9.17) is 31.6 Å². The molecular weight excluding hydrogens is 1540 g/mol. The molecule has 122 heavy (non-hydrogen) atoms. The molecule has 11 aromatic rings. The molecule has 0 spiro atoms. The molecule has 6 aromatic carbocycles. The number of amides is 5. The number of imidazole rings is 5. The second-order valence-electron chi connectivity index (χ2n) is 36.1. The smallest absolute Gasteiger partial charge is 0.230 e. The van der Waals surface area contributed by atoms with Gasteiger partial charge in [0.15, 0.2) is 22.7 Å². The minimum atomic E-state index is -1.06. The lowest BCUT2D eigenvalue weighted by Crippen LogP contribution is -2.40. The summed E-state index contributed by atoms with van der Waals surface area (Å²) in [5, 5.41) is 53.7. The normalized spacial score (nSPS) is 17.8. The number of nitrogens with zero attached hydrogens (tertiary/aromatic N) is 15. The van der Waals surface area contributed by atoms with Gasteiger partial charge >= 0.3 is 0 Å². The van der Waals surface area contributed by atoms with Crippen molar-refractivity contribution < 1.29 is 43.7 Å². The molecule has 7 saturated carbocycles. The van der Waals surface area contributed by atoms with Crippen LogP contribution in [-0.4, -0.2) is 109 Å². The summed E-state index contributed by atoms with van der Waals surface area (Å²) in [6.07, 6.45) is 19.5. The first-order chi connectivity index (χ1) is 58.1. The van der Waals surface area contributed by atoms with Gasteiger partial charge in [0, 0.05) is 41.7 Å². The molecule has 5 aromatic heterocycles. The number of hydrogen-bond donors (Lipinski definition) is 8. The maximum atomic E-state index is 13.3. The van der Waals surface area contributed by atoms with E-state index in [1.165, 1.54) is 25.0 Å². The highest BCUT2D eigenvalue weighted by Gasteiger charge is 2.51. The minimum Gasteiger partial charge on any atom is -0.390 e. The molecule has 2 unspecified atom stereocenters. The fraction of sp³-hybridized carbons (Fsp3) is 0.452. The maximum absolute atomic E-state index is 13.3. The second kappa shape index (κ2) is 34.8. The zero-order chi connectivity index (χ0) is 86.9. The molecule has 7 aliphatic rings. The predicted molar refractivity (Wildman–Crippen MR) is 467 cm³/mol. The lowest BCUT2D eigenvalue weighted by Gasteiger charge is -2.42. The first kappa shape index (κ1) is 85.7. The number of nitrogens with one attached hydrogen (secondary N) is 5. The molecule has 5 heterocycles. The van der Waals surface area contributed by atoms with E-state index in [9.17, 15) is 43.7 Å². The van der Waals surface area contributed by atoms with E-state index >= 15 is 0 Å². The van der Waals surface area contributed by atoms with Gasteiger partial charge in [-0.2, -0.15) is 5.26 Å². The number of halogens is 1. The monoisotopic (exact) mass is 1650 g/mol. The van der Waals surface area contributed by atoms with Crippen LogP contribution in [0.5, 0.6) is 0 Å². The maximum Gasteiger partial charge on any atom is 0.230 e. The number of rotatable bonds is 20. The summed E-state index contributed by atoms with van der Waals surface area (Å²) in [6, 6.07) is 36.2. The Labute approximate surface area is 707 Å². The Balaban J connectivity index is 0.000000125. The van der Waals surface area contributed by atoms with Crippen molar-refractivity contribution in [2.45, 2.75) is 238 Å². The molecule has 630 valence electrons. The van der Waals surface area contributed by atoms with Crippen molar-refractivity contribution in [1.29, 1.82) is 5.26 Å². The number of carbonyl (C=O) groups is 5. The minimum absolute atomic E-state index is 0.00801. The third kappa shape index (κ3) is 19.2. The number of aliphatic hydroxyl groups is 3. The fourth-order valence-electron chi connectivity index (χ4n) is 16.4.